The number of fused-ring (bicyclic) bond motifs is 1. The van der Waals surface area contributed by atoms with Crippen molar-refractivity contribution < 1.29 is 13.2 Å². The van der Waals surface area contributed by atoms with Gasteiger partial charge in [-0.05, 0) is 30.2 Å². The Morgan fingerprint density at radius 2 is 2.04 bits per heavy atom. The van der Waals surface area contributed by atoms with E-state index in [1.807, 2.05) is 30.1 Å². The lowest BCUT2D eigenvalue weighted by molar-refractivity contribution is -0.141. The summed E-state index contributed by atoms with van der Waals surface area (Å²) in [4.78, 5) is 5.36. The fourth-order valence-electron chi connectivity index (χ4n) is 2.98. The van der Waals surface area contributed by atoms with Crippen LogP contribution < -0.4 is 14.9 Å². The summed E-state index contributed by atoms with van der Waals surface area (Å²) in [7, 11) is 3.49. The average Bonchev–Trinajstić information content (AvgIpc) is 2.76. The SMILES string of the molecule is CN1C[N+](C)([O-])c2cc(NCCc3ccc(C(F)(F)F)nc3)ccc21. The second-order valence-electron chi connectivity index (χ2n) is 6.37. The number of nitrogens with zero attached hydrogens (tertiary/aromatic N) is 3. The lowest BCUT2D eigenvalue weighted by atomic mass is 10.2. The van der Waals surface area contributed by atoms with Crippen molar-refractivity contribution in [3.8, 4) is 0 Å². The molecule has 1 aliphatic rings. The molecule has 1 aromatic heterocycles. The molecule has 0 spiro atoms. The molecule has 0 saturated carbocycles. The number of pyridine rings is 1. The van der Waals surface area contributed by atoms with E-state index in [1.165, 1.54) is 12.3 Å². The number of quaternary nitrogens is 1. The summed E-state index contributed by atoms with van der Waals surface area (Å²) in [5.74, 6) is 0. The van der Waals surface area contributed by atoms with E-state index in [9.17, 15) is 18.4 Å². The number of alkyl halides is 3. The number of nitrogens with one attached hydrogen (secondary N) is 1. The van der Waals surface area contributed by atoms with Gasteiger partial charge in [0.2, 0.25) is 0 Å². The van der Waals surface area contributed by atoms with Crippen LogP contribution in [-0.4, -0.2) is 32.3 Å². The van der Waals surface area contributed by atoms with Crippen LogP contribution in [0.4, 0.5) is 30.2 Å². The highest BCUT2D eigenvalue weighted by molar-refractivity contribution is 5.77. The van der Waals surface area contributed by atoms with E-state index in [2.05, 4.69) is 10.3 Å². The Morgan fingerprint density at radius 3 is 2.68 bits per heavy atom. The van der Waals surface area contributed by atoms with Crippen molar-refractivity contribution in [3.63, 3.8) is 0 Å². The molecule has 8 heteroatoms. The molecule has 0 aliphatic carbocycles. The topological polar surface area (TPSA) is 51.2 Å². The summed E-state index contributed by atoms with van der Waals surface area (Å²) in [5.41, 5.74) is 2.25. The van der Waals surface area contributed by atoms with Gasteiger partial charge in [-0.2, -0.15) is 13.2 Å². The number of anilines is 2. The highest BCUT2D eigenvalue weighted by Gasteiger charge is 2.32. The first kappa shape index (κ1) is 17.5. The zero-order valence-electron chi connectivity index (χ0n) is 14.0. The van der Waals surface area contributed by atoms with Crippen molar-refractivity contribution in [2.75, 3.05) is 37.5 Å². The van der Waals surface area contributed by atoms with Crippen LogP contribution in [-0.2, 0) is 12.6 Å². The van der Waals surface area contributed by atoms with Crippen molar-refractivity contribution in [3.05, 3.63) is 53.0 Å². The van der Waals surface area contributed by atoms with Crippen LogP contribution in [0.2, 0.25) is 0 Å². The normalized spacial score (nSPS) is 19.8. The van der Waals surface area contributed by atoms with Crippen LogP contribution in [0.3, 0.4) is 0 Å². The highest BCUT2D eigenvalue weighted by atomic mass is 19.4. The first-order valence-electron chi connectivity index (χ1n) is 7.85. The first-order valence-corrected chi connectivity index (χ1v) is 7.85. The van der Waals surface area contributed by atoms with E-state index in [1.54, 1.807) is 7.05 Å². The minimum absolute atomic E-state index is 0.371. The number of hydrogen-bond donors (Lipinski definition) is 1. The molecule has 2 aromatic rings. The van der Waals surface area contributed by atoms with E-state index in [4.69, 9.17) is 0 Å². The molecule has 1 aliphatic heterocycles. The lowest BCUT2D eigenvalue weighted by Crippen LogP contribution is -2.40. The minimum atomic E-state index is -4.42. The van der Waals surface area contributed by atoms with Gasteiger partial charge in [-0.1, -0.05) is 6.07 Å². The third-order valence-corrected chi connectivity index (χ3v) is 4.24. The van der Waals surface area contributed by atoms with Crippen molar-refractivity contribution in [2.24, 2.45) is 0 Å². The molecule has 5 nitrogen and oxygen atoms in total. The van der Waals surface area contributed by atoms with Gasteiger partial charge in [-0.3, -0.25) is 4.98 Å². The molecule has 0 radical (unpaired) electrons. The summed E-state index contributed by atoms with van der Waals surface area (Å²) >= 11 is 0. The van der Waals surface area contributed by atoms with E-state index >= 15 is 0 Å². The van der Waals surface area contributed by atoms with Gasteiger partial charge in [0.15, 0.2) is 12.4 Å². The van der Waals surface area contributed by atoms with E-state index in [0.29, 0.717) is 30.9 Å². The number of halogens is 3. The van der Waals surface area contributed by atoms with Crippen LogP contribution >= 0.6 is 0 Å². The molecule has 3 rings (SSSR count). The number of benzene rings is 1. The Hall–Kier alpha value is -2.32. The highest BCUT2D eigenvalue weighted by Crippen LogP contribution is 2.40. The summed E-state index contributed by atoms with van der Waals surface area (Å²) in [5, 5.41) is 15.7. The van der Waals surface area contributed by atoms with Gasteiger partial charge in [0.05, 0.1) is 7.05 Å². The monoisotopic (exact) mass is 352 g/mol. The van der Waals surface area contributed by atoms with Gasteiger partial charge >= 0.3 is 6.18 Å². The molecule has 0 fully saturated rings. The predicted molar refractivity (Wildman–Crippen MR) is 92.2 cm³/mol. The Labute approximate surface area is 143 Å². The molecular formula is C17H19F3N4O. The van der Waals surface area contributed by atoms with Crippen molar-refractivity contribution in [1.82, 2.24) is 9.63 Å². The summed E-state index contributed by atoms with van der Waals surface area (Å²) < 4.78 is 37.0. The van der Waals surface area contributed by atoms with Gasteiger partial charge < -0.3 is 20.1 Å². The molecule has 25 heavy (non-hydrogen) atoms. The number of hydrogen-bond acceptors (Lipinski definition) is 4. The van der Waals surface area contributed by atoms with Crippen molar-refractivity contribution >= 4 is 17.1 Å². The largest absolute Gasteiger partial charge is 0.626 e. The van der Waals surface area contributed by atoms with Gasteiger partial charge in [0.1, 0.15) is 11.4 Å². The second kappa shape index (κ2) is 6.20. The number of rotatable bonds is 4. The van der Waals surface area contributed by atoms with Crippen molar-refractivity contribution in [1.29, 1.82) is 0 Å². The molecular weight excluding hydrogens is 333 g/mol. The molecule has 1 N–H and O–H groups in total. The van der Waals surface area contributed by atoms with E-state index < -0.39 is 16.5 Å². The maximum atomic E-state index is 12.5. The van der Waals surface area contributed by atoms with Gasteiger partial charge in [0, 0.05) is 31.5 Å². The second-order valence-corrected chi connectivity index (χ2v) is 6.37. The molecule has 1 unspecified atom stereocenters. The fourth-order valence-corrected chi connectivity index (χ4v) is 2.98. The van der Waals surface area contributed by atoms with Crippen LogP contribution in [0, 0.1) is 5.21 Å². The van der Waals surface area contributed by atoms with Crippen LogP contribution in [0.15, 0.2) is 36.5 Å². The van der Waals surface area contributed by atoms with Crippen LogP contribution in [0.1, 0.15) is 11.3 Å². The molecule has 0 bridgehead atoms. The Balaban J connectivity index is 1.62. The third-order valence-electron chi connectivity index (χ3n) is 4.24. The number of aromatic nitrogens is 1. The zero-order valence-corrected chi connectivity index (χ0v) is 14.0. The van der Waals surface area contributed by atoms with Gasteiger partial charge in [-0.15, -0.1) is 0 Å². The number of hydroxylamine groups is 2. The Kier molecular flexibility index (Phi) is 4.34. The van der Waals surface area contributed by atoms with Crippen molar-refractivity contribution in [2.45, 2.75) is 12.6 Å². The average molecular weight is 352 g/mol. The minimum Gasteiger partial charge on any atom is -0.626 e. The Bertz CT molecular complexity index is 759. The zero-order chi connectivity index (χ0) is 18.2. The molecule has 0 amide bonds. The maximum Gasteiger partial charge on any atom is 0.433 e. The molecule has 1 aromatic carbocycles. The van der Waals surface area contributed by atoms with Crippen LogP contribution in [0.5, 0.6) is 0 Å². The van der Waals surface area contributed by atoms with Gasteiger partial charge in [0.25, 0.3) is 0 Å². The fraction of sp³-hybridized carbons (Fsp3) is 0.353. The Morgan fingerprint density at radius 1 is 1.28 bits per heavy atom. The van der Waals surface area contributed by atoms with Crippen LogP contribution in [0.25, 0.3) is 0 Å². The van der Waals surface area contributed by atoms with Gasteiger partial charge in [-0.25, -0.2) is 0 Å². The lowest BCUT2D eigenvalue weighted by Gasteiger charge is -2.33. The molecule has 1 atom stereocenters. The molecule has 2 heterocycles. The molecule has 0 saturated heterocycles. The molecule has 134 valence electrons. The first-order chi connectivity index (χ1) is 11.7. The summed E-state index contributed by atoms with van der Waals surface area (Å²) in [6, 6.07) is 8.04. The standard InChI is InChI=1S/C17H19F3N4O/c1-23-11-24(2,25)15-9-13(4-5-14(15)23)21-8-7-12-3-6-16(22-10-12)17(18,19)20/h3-6,9-10,21H,7-8,11H2,1-2H3. The van der Waals surface area contributed by atoms with E-state index in [-0.39, 0.29) is 0 Å². The maximum absolute atomic E-state index is 12.5. The predicted octanol–water partition coefficient (Wildman–Crippen LogP) is 3.60. The van der Waals surface area contributed by atoms with E-state index in [0.717, 1.165) is 17.4 Å². The smallest absolute Gasteiger partial charge is 0.433 e. The summed E-state index contributed by atoms with van der Waals surface area (Å²) in [6.45, 7) is 0.903. The summed E-state index contributed by atoms with van der Waals surface area (Å²) in [6.07, 6.45) is -2.64. The quantitative estimate of drug-likeness (QED) is 0.675. The third kappa shape index (κ3) is 3.69.